The van der Waals surface area contributed by atoms with Gasteiger partial charge in [-0.05, 0) is 25.1 Å². The summed E-state index contributed by atoms with van der Waals surface area (Å²) < 4.78 is 5.35. The fourth-order valence-electron chi connectivity index (χ4n) is 2.41. The molecule has 2 aliphatic rings. The first-order valence-corrected chi connectivity index (χ1v) is 7.59. The van der Waals surface area contributed by atoms with E-state index in [2.05, 4.69) is 5.32 Å². The van der Waals surface area contributed by atoms with E-state index in [0.29, 0.717) is 31.1 Å². The highest BCUT2D eigenvalue weighted by molar-refractivity contribution is 8.00. The molecule has 1 aromatic carbocycles. The van der Waals surface area contributed by atoms with Gasteiger partial charge in [-0.15, -0.1) is 11.8 Å². The zero-order valence-corrected chi connectivity index (χ0v) is 12.0. The zero-order valence-electron chi connectivity index (χ0n) is 11.2. The molecule has 0 spiro atoms. The fourth-order valence-corrected chi connectivity index (χ4v) is 3.20. The molecule has 0 radical (unpaired) electrons. The van der Waals surface area contributed by atoms with Gasteiger partial charge < -0.3 is 15.0 Å². The highest BCUT2D eigenvalue weighted by Crippen LogP contribution is 2.32. The number of thioether (sulfide) groups is 1. The summed E-state index contributed by atoms with van der Waals surface area (Å²) in [5.74, 6) is 0.404. The number of anilines is 1. The van der Waals surface area contributed by atoms with Crippen LogP contribution in [0, 0.1) is 0 Å². The molecule has 6 heteroatoms. The molecular formula is C14H16N2O3S. The molecule has 0 aliphatic carbocycles. The third-order valence-electron chi connectivity index (χ3n) is 3.49. The maximum absolute atomic E-state index is 12.5. The van der Waals surface area contributed by atoms with Crippen molar-refractivity contribution in [2.24, 2.45) is 0 Å². The summed E-state index contributed by atoms with van der Waals surface area (Å²) in [6.45, 7) is 3.74. The number of hydrogen-bond donors (Lipinski definition) is 1. The van der Waals surface area contributed by atoms with Crippen molar-refractivity contribution in [1.82, 2.24) is 4.90 Å². The molecular weight excluding hydrogens is 276 g/mol. The number of nitrogens with zero attached hydrogens (tertiary/aromatic N) is 1. The van der Waals surface area contributed by atoms with E-state index in [4.69, 9.17) is 4.74 Å². The average Bonchev–Trinajstić information content (AvgIpc) is 2.46. The second-order valence-electron chi connectivity index (χ2n) is 4.97. The largest absolute Gasteiger partial charge is 0.377 e. The minimum Gasteiger partial charge on any atom is -0.377 e. The maximum atomic E-state index is 12.5. The topological polar surface area (TPSA) is 58.6 Å². The van der Waals surface area contributed by atoms with Gasteiger partial charge in [0.1, 0.15) is 0 Å². The van der Waals surface area contributed by atoms with Gasteiger partial charge in [-0.3, -0.25) is 9.59 Å². The van der Waals surface area contributed by atoms with Gasteiger partial charge in [0.2, 0.25) is 5.91 Å². The normalized spacial score (nSPS) is 22.1. The Morgan fingerprint density at radius 2 is 2.35 bits per heavy atom. The van der Waals surface area contributed by atoms with Crippen LogP contribution in [-0.2, 0) is 9.53 Å². The lowest BCUT2D eigenvalue weighted by molar-refractivity contribution is -0.113. The third kappa shape index (κ3) is 2.53. The molecule has 20 heavy (non-hydrogen) atoms. The predicted octanol–water partition coefficient (Wildman–Crippen LogP) is 1.59. The van der Waals surface area contributed by atoms with Crippen molar-refractivity contribution >= 4 is 29.3 Å². The van der Waals surface area contributed by atoms with E-state index in [0.717, 1.165) is 10.6 Å². The summed E-state index contributed by atoms with van der Waals surface area (Å²) in [5.41, 5.74) is 1.35. The van der Waals surface area contributed by atoms with Gasteiger partial charge in [0.15, 0.2) is 0 Å². The molecule has 1 atom stereocenters. The predicted molar refractivity (Wildman–Crippen MR) is 77.1 cm³/mol. The van der Waals surface area contributed by atoms with Crippen molar-refractivity contribution in [3.05, 3.63) is 23.8 Å². The molecule has 1 saturated heterocycles. The van der Waals surface area contributed by atoms with E-state index >= 15 is 0 Å². The number of ether oxygens (including phenoxy) is 1. The number of hydrogen-bond acceptors (Lipinski definition) is 4. The second-order valence-corrected chi connectivity index (χ2v) is 5.99. The fraction of sp³-hybridized carbons (Fsp3) is 0.429. The molecule has 2 aliphatic heterocycles. The van der Waals surface area contributed by atoms with Gasteiger partial charge in [-0.1, -0.05) is 0 Å². The number of benzene rings is 1. The van der Waals surface area contributed by atoms with Crippen LogP contribution in [0.15, 0.2) is 23.1 Å². The van der Waals surface area contributed by atoms with Crippen molar-refractivity contribution in [3.63, 3.8) is 0 Å². The number of morpholine rings is 1. The first-order valence-electron chi connectivity index (χ1n) is 6.60. The standard InChI is InChI=1S/C14H16N2O3S/c1-9-7-19-5-4-16(9)14(18)10-2-3-12-11(6-10)15-13(17)8-20-12/h2-3,6,9H,4-5,7-8H2,1H3,(H,15,17)/t9-/m1/s1. The molecule has 2 heterocycles. The summed E-state index contributed by atoms with van der Waals surface area (Å²) >= 11 is 1.50. The quantitative estimate of drug-likeness (QED) is 0.854. The van der Waals surface area contributed by atoms with E-state index in [9.17, 15) is 9.59 Å². The minimum atomic E-state index is -0.0214. The van der Waals surface area contributed by atoms with Crippen molar-refractivity contribution in [3.8, 4) is 0 Å². The molecule has 1 aromatic rings. The van der Waals surface area contributed by atoms with Gasteiger partial charge in [0.25, 0.3) is 5.91 Å². The van der Waals surface area contributed by atoms with Crippen LogP contribution in [0.25, 0.3) is 0 Å². The molecule has 2 amide bonds. The number of nitrogens with one attached hydrogen (secondary N) is 1. The van der Waals surface area contributed by atoms with Crippen molar-refractivity contribution < 1.29 is 14.3 Å². The Bertz CT molecular complexity index is 561. The lowest BCUT2D eigenvalue weighted by Crippen LogP contribution is -2.47. The lowest BCUT2D eigenvalue weighted by Gasteiger charge is -2.33. The van der Waals surface area contributed by atoms with E-state index < -0.39 is 0 Å². The Morgan fingerprint density at radius 1 is 1.50 bits per heavy atom. The Labute approximate surface area is 121 Å². The number of fused-ring (bicyclic) bond motifs is 1. The summed E-state index contributed by atoms with van der Waals surface area (Å²) in [6, 6.07) is 5.58. The first kappa shape index (κ1) is 13.5. The highest BCUT2D eigenvalue weighted by atomic mass is 32.2. The number of rotatable bonds is 1. The Balaban J connectivity index is 1.85. The Kier molecular flexibility index (Phi) is 3.67. The number of amides is 2. The van der Waals surface area contributed by atoms with Gasteiger partial charge in [0.05, 0.1) is 30.7 Å². The smallest absolute Gasteiger partial charge is 0.254 e. The molecule has 0 aromatic heterocycles. The number of carbonyl (C=O) groups excluding carboxylic acids is 2. The lowest BCUT2D eigenvalue weighted by atomic mass is 10.1. The van der Waals surface area contributed by atoms with Gasteiger partial charge in [0, 0.05) is 17.0 Å². The summed E-state index contributed by atoms with van der Waals surface area (Å²) in [4.78, 5) is 26.8. The minimum absolute atomic E-state index is 0.00609. The van der Waals surface area contributed by atoms with Crippen LogP contribution in [-0.4, -0.2) is 48.3 Å². The highest BCUT2D eigenvalue weighted by Gasteiger charge is 2.26. The second kappa shape index (κ2) is 5.46. The summed E-state index contributed by atoms with van der Waals surface area (Å²) in [6.07, 6.45) is 0. The Hall–Kier alpha value is -1.53. The number of carbonyl (C=O) groups is 2. The van der Waals surface area contributed by atoms with Crippen LogP contribution in [0.5, 0.6) is 0 Å². The molecule has 1 N–H and O–H groups in total. The van der Waals surface area contributed by atoms with Crippen LogP contribution >= 0.6 is 11.8 Å². The van der Waals surface area contributed by atoms with Gasteiger partial charge >= 0.3 is 0 Å². The molecule has 5 nitrogen and oxygen atoms in total. The average molecular weight is 292 g/mol. The van der Waals surface area contributed by atoms with E-state index in [1.807, 2.05) is 24.0 Å². The molecule has 0 unspecified atom stereocenters. The van der Waals surface area contributed by atoms with Crippen LogP contribution in [0.4, 0.5) is 5.69 Å². The van der Waals surface area contributed by atoms with Crippen LogP contribution in [0.2, 0.25) is 0 Å². The maximum Gasteiger partial charge on any atom is 0.254 e. The molecule has 1 fully saturated rings. The van der Waals surface area contributed by atoms with E-state index in [1.54, 1.807) is 6.07 Å². The molecule has 0 saturated carbocycles. The van der Waals surface area contributed by atoms with Crippen LogP contribution < -0.4 is 5.32 Å². The molecule has 106 valence electrons. The van der Waals surface area contributed by atoms with E-state index in [1.165, 1.54) is 11.8 Å². The Morgan fingerprint density at radius 3 is 3.15 bits per heavy atom. The summed E-state index contributed by atoms with van der Waals surface area (Å²) in [5, 5.41) is 2.81. The van der Waals surface area contributed by atoms with Gasteiger partial charge in [-0.25, -0.2) is 0 Å². The summed E-state index contributed by atoms with van der Waals surface area (Å²) in [7, 11) is 0. The molecule has 0 bridgehead atoms. The van der Waals surface area contributed by atoms with Crippen molar-refractivity contribution in [2.45, 2.75) is 17.9 Å². The van der Waals surface area contributed by atoms with Crippen molar-refractivity contribution in [1.29, 1.82) is 0 Å². The molecule has 3 rings (SSSR count). The van der Waals surface area contributed by atoms with Gasteiger partial charge in [-0.2, -0.15) is 0 Å². The monoisotopic (exact) mass is 292 g/mol. The van der Waals surface area contributed by atoms with Crippen molar-refractivity contribution in [2.75, 3.05) is 30.8 Å². The van der Waals surface area contributed by atoms with E-state index in [-0.39, 0.29) is 17.9 Å². The SMILES string of the molecule is C[C@@H]1COCCN1C(=O)c1ccc2c(c1)NC(=O)CS2. The van der Waals surface area contributed by atoms with Crippen LogP contribution in [0.3, 0.4) is 0 Å². The first-order chi connectivity index (χ1) is 9.65. The van der Waals surface area contributed by atoms with Crippen LogP contribution in [0.1, 0.15) is 17.3 Å². The zero-order chi connectivity index (χ0) is 14.1. The third-order valence-corrected chi connectivity index (χ3v) is 4.56.